The van der Waals surface area contributed by atoms with Gasteiger partial charge in [-0.25, -0.2) is 4.39 Å². The van der Waals surface area contributed by atoms with Crippen LogP contribution in [0.3, 0.4) is 0 Å². The largest absolute Gasteiger partial charge is 0.380 e. The van der Waals surface area contributed by atoms with Crippen molar-refractivity contribution >= 4 is 5.82 Å². The maximum Gasteiger partial charge on any atom is 0.206 e. The van der Waals surface area contributed by atoms with Gasteiger partial charge in [0, 0.05) is 5.56 Å². The van der Waals surface area contributed by atoms with Crippen molar-refractivity contribution in [1.29, 1.82) is 5.26 Å². The summed E-state index contributed by atoms with van der Waals surface area (Å²) in [5, 5.41) is 16.3. The molecular formula is C10H8FN5. The highest BCUT2D eigenvalue weighted by molar-refractivity contribution is 5.41. The number of nitrogen functional groups attached to an aromatic ring is 1. The number of hydrogen-bond acceptors (Lipinski definition) is 4. The van der Waals surface area contributed by atoms with Gasteiger partial charge in [-0.1, -0.05) is 18.2 Å². The Kier molecular flexibility index (Phi) is 2.52. The van der Waals surface area contributed by atoms with Crippen molar-refractivity contribution in [2.45, 2.75) is 6.54 Å². The molecule has 2 rings (SSSR count). The van der Waals surface area contributed by atoms with Crippen molar-refractivity contribution in [3.63, 3.8) is 0 Å². The molecule has 0 aliphatic carbocycles. The van der Waals surface area contributed by atoms with Gasteiger partial charge in [0.15, 0.2) is 5.82 Å². The summed E-state index contributed by atoms with van der Waals surface area (Å²) in [5.41, 5.74) is 5.93. The van der Waals surface area contributed by atoms with E-state index in [0.29, 0.717) is 5.56 Å². The van der Waals surface area contributed by atoms with Crippen LogP contribution >= 0.6 is 0 Å². The molecular weight excluding hydrogens is 209 g/mol. The Hall–Kier alpha value is -2.42. The topological polar surface area (TPSA) is 80.5 Å². The minimum Gasteiger partial charge on any atom is -0.380 e. The van der Waals surface area contributed by atoms with E-state index in [1.165, 1.54) is 10.9 Å². The van der Waals surface area contributed by atoms with Crippen LogP contribution < -0.4 is 5.73 Å². The molecule has 0 aliphatic rings. The second-order valence-electron chi connectivity index (χ2n) is 3.17. The third-order valence-electron chi connectivity index (χ3n) is 2.06. The van der Waals surface area contributed by atoms with Crippen LogP contribution in [0.25, 0.3) is 0 Å². The molecule has 5 nitrogen and oxygen atoms in total. The monoisotopic (exact) mass is 217 g/mol. The van der Waals surface area contributed by atoms with Crippen molar-refractivity contribution in [3.8, 4) is 6.07 Å². The molecule has 80 valence electrons. The molecule has 0 amide bonds. The van der Waals surface area contributed by atoms with E-state index in [1.54, 1.807) is 24.3 Å². The normalized spacial score (nSPS) is 10.0. The lowest BCUT2D eigenvalue weighted by Crippen LogP contribution is -2.05. The van der Waals surface area contributed by atoms with Crippen LogP contribution in [0.2, 0.25) is 0 Å². The molecule has 2 aromatic rings. The first-order valence-corrected chi connectivity index (χ1v) is 4.55. The van der Waals surface area contributed by atoms with Gasteiger partial charge in [-0.15, -0.1) is 10.2 Å². The predicted octanol–water partition coefficient (Wildman–Crippen LogP) is 0.919. The van der Waals surface area contributed by atoms with Crippen LogP contribution in [0.1, 0.15) is 11.3 Å². The molecule has 0 radical (unpaired) electrons. The zero-order valence-corrected chi connectivity index (χ0v) is 8.26. The first-order chi connectivity index (χ1) is 7.70. The van der Waals surface area contributed by atoms with E-state index >= 15 is 0 Å². The quantitative estimate of drug-likeness (QED) is 0.811. The van der Waals surface area contributed by atoms with Crippen LogP contribution in [0.15, 0.2) is 24.3 Å². The predicted molar refractivity (Wildman–Crippen MR) is 54.7 cm³/mol. The van der Waals surface area contributed by atoms with Gasteiger partial charge in [0.2, 0.25) is 5.69 Å². The molecule has 0 aliphatic heterocycles. The number of nitrogens with zero attached hydrogens (tertiary/aromatic N) is 4. The van der Waals surface area contributed by atoms with E-state index in [9.17, 15) is 4.39 Å². The summed E-state index contributed by atoms with van der Waals surface area (Å²) >= 11 is 0. The van der Waals surface area contributed by atoms with Gasteiger partial charge in [0.05, 0.1) is 6.54 Å². The van der Waals surface area contributed by atoms with E-state index in [0.717, 1.165) is 0 Å². The minimum absolute atomic E-state index is 0.0522. The van der Waals surface area contributed by atoms with Crippen LogP contribution in [-0.4, -0.2) is 15.0 Å². The zero-order valence-electron chi connectivity index (χ0n) is 8.26. The fourth-order valence-corrected chi connectivity index (χ4v) is 1.29. The third-order valence-corrected chi connectivity index (χ3v) is 2.06. The highest BCUT2D eigenvalue weighted by Crippen LogP contribution is 2.09. The zero-order chi connectivity index (χ0) is 11.5. The number of aromatic nitrogens is 3. The van der Waals surface area contributed by atoms with Crippen molar-refractivity contribution in [3.05, 3.63) is 41.3 Å². The summed E-state index contributed by atoms with van der Waals surface area (Å²) in [4.78, 5) is 1.20. The van der Waals surface area contributed by atoms with Gasteiger partial charge in [-0.2, -0.15) is 10.1 Å². The number of nitriles is 1. The molecule has 0 bridgehead atoms. The second-order valence-corrected chi connectivity index (χ2v) is 3.17. The molecule has 2 N–H and O–H groups in total. The molecule has 0 saturated heterocycles. The Morgan fingerprint density at radius 2 is 2.12 bits per heavy atom. The summed E-state index contributed by atoms with van der Waals surface area (Å²) in [6, 6.07) is 8.10. The maximum atomic E-state index is 13.3. The van der Waals surface area contributed by atoms with Crippen molar-refractivity contribution in [2.75, 3.05) is 5.73 Å². The number of rotatable bonds is 2. The fraction of sp³-hybridized carbons (Fsp3) is 0.100. The van der Waals surface area contributed by atoms with E-state index in [4.69, 9.17) is 11.0 Å². The molecule has 1 heterocycles. The molecule has 1 aromatic carbocycles. The standard InChI is InChI=1S/C10H8FN5/c11-8-4-2-1-3-7(8)6-16-14-9(5-12)10(13)15-16/h1-4H,6H2,(H2,13,15). The lowest BCUT2D eigenvalue weighted by atomic mass is 10.2. The molecule has 0 unspecified atom stereocenters. The number of anilines is 1. The third kappa shape index (κ3) is 1.83. The highest BCUT2D eigenvalue weighted by atomic mass is 19.1. The van der Waals surface area contributed by atoms with Crippen LogP contribution in [-0.2, 0) is 6.54 Å². The van der Waals surface area contributed by atoms with Crippen LogP contribution in [0.4, 0.5) is 10.2 Å². The number of benzene rings is 1. The van der Waals surface area contributed by atoms with Crippen molar-refractivity contribution in [1.82, 2.24) is 15.0 Å². The van der Waals surface area contributed by atoms with E-state index < -0.39 is 0 Å². The summed E-state index contributed by atoms with van der Waals surface area (Å²) < 4.78 is 13.3. The molecule has 0 fully saturated rings. The van der Waals surface area contributed by atoms with Crippen molar-refractivity contribution in [2.24, 2.45) is 0 Å². The van der Waals surface area contributed by atoms with E-state index in [2.05, 4.69) is 10.2 Å². The smallest absolute Gasteiger partial charge is 0.206 e. The van der Waals surface area contributed by atoms with Crippen LogP contribution in [0, 0.1) is 17.1 Å². The molecule has 16 heavy (non-hydrogen) atoms. The van der Waals surface area contributed by atoms with Gasteiger partial charge in [-0.05, 0) is 6.07 Å². The molecule has 0 spiro atoms. The molecule has 6 heteroatoms. The van der Waals surface area contributed by atoms with Gasteiger partial charge in [-0.3, -0.25) is 0 Å². The SMILES string of the molecule is N#Cc1nn(Cc2ccccc2F)nc1N. The number of hydrogen-bond donors (Lipinski definition) is 1. The summed E-state index contributed by atoms with van der Waals surface area (Å²) in [5.74, 6) is -0.282. The number of nitrogens with two attached hydrogens (primary N) is 1. The second kappa shape index (κ2) is 3.98. The molecule has 0 atom stereocenters. The Morgan fingerprint density at radius 3 is 2.75 bits per heavy atom. The average molecular weight is 217 g/mol. The summed E-state index contributed by atoms with van der Waals surface area (Å²) in [6.07, 6.45) is 0. The lowest BCUT2D eigenvalue weighted by molar-refractivity contribution is 0.549. The van der Waals surface area contributed by atoms with Gasteiger partial charge in [0.1, 0.15) is 11.9 Å². The number of halogens is 1. The Balaban J connectivity index is 2.28. The first kappa shape index (κ1) is 10.1. The Bertz CT molecular complexity index is 555. The first-order valence-electron chi connectivity index (χ1n) is 4.55. The summed E-state index contributed by atoms with van der Waals surface area (Å²) in [7, 11) is 0. The van der Waals surface area contributed by atoms with Gasteiger partial charge < -0.3 is 5.73 Å². The maximum absolute atomic E-state index is 13.3. The lowest BCUT2D eigenvalue weighted by Gasteiger charge is -2.00. The average Bonchev–Trinajstić information content (AvgIpc) is 2.62. The van der Waals surface area contributed by atoms with Crippen LogP contribution in [0.5, 0.6) is 0 Å². The Labute approximate surface area is 90.9 Å². The highest BCUT2D eigenvalue weighted by Gasteiger charge is 2.08. The van der Waals surface area contributed by atoms with Crippen molar-refractivity contribution < 1.29 is 4.39 Å². The molecule has 0 saturated carbocycles. The summed E-state index contributed by atoms with van der Waals surface area (Å²) in [6.45, 7) is 0.151. The van der Waals surface area contributed by atoms with E-state index in [1.807, 2.05) is 0 Å². The van der Waals surface area contributed by atoms with Gasteiger partial charge >= 0.3 is 0 Å². The van der Waals surface area contributed by atoms with Gasteiger partial charge in [0.25, 0.3) is 0 Å². The Morgan fingerprint density at radius 1 is 1.38 bits per heavy atom. The van der Waals surface area contributed by atoms with E-state index in [-0.39, 0.29) is 23.9 Å². The molecule has 1 aromatic heterocycles. The fourth-order valence-electron chi connectivity index (χ4n) is 1.29. The minimum atomic E-state index is -0.336.